The van der Waals surface area contributed by atoms with Gasteiger partial charge in [0.1, 0.15) is 5.75 Å². The number of carbonyl (C=O) groups excluding carboxylic acids is 2. The third-order valence-electron chi connectivity index (χ3n) is 3.34. The van der Waals surface area contributed by atoms with Crippen molar-refractivity contribution in [1.82, 2.24) is 10.9 Å². The second-order valence-corrected chi connectivity index (χ2v) is 7.92. The van der Waals surface area contributed by atoms with E-state index >= 15 is 0 Å². The van der Waals surface area contributed by atoms with Crippen LogP contribution < -0.4 is 15.6 Å². The van der Waals surface area contributed by atoms with Gasteiger partial charge in [-0.15, -0.1) is 0 Å². The van der Waals surface area contributed by atoms with Crippen LogP contribution in [0.4, 0.5) is 0 Å². The normalized spacial score (nSPS) is 19.1. The highest BCUT2D eigenvalue weighted by molar-refractivity contribution is 7.91. The number of carbonyl (C=O) groups is 2. The Bertz CT molecular complexity index is 692. The van der Waals surface area contributed by atoms with Gasteiger partial charge in [-0.05, 0) is 24.5 Å². The molecule has 0 bridgehead atoms. The second kappa shape index (κ2) is 7.65. The molecule has 1 heterocycles. The van der Waals surface area contributed by atoms with Gasteiger partial charge in [0.15, 0.2) is 16.4 Å². The molecular weight excluding hydrogens is 344 g/mol. The van der Waals surface area contributed by atoms with Gasteiger partial charge in [0, 0.05) is 6.42 Å². The zero-order valence-electron chi connectivity index (χ0n) is 12.2. The van der Waals surface area contributed by atoms with Crippen LogP contribution in [0.25, 0.3) is 0 Å². The summed E-state index contributed by atoms with van der Waals surface area (Å²) in [5.74, 6) is -0.675. The summed E-state index contributed by atoms with van der Waals surface area (Å²) in [5.41, 5.74) is 4.45. The maximum Gasteiger partial charge on any atom is 0.276 e. The van der Waals surface area contributed by atoms with Crippen LogP contribution in [0.5, 0.6) is 5.75 Å². The Morgan fingerprint density at radius 3 is 2.57 bits per heavy atom. The van der Waals surface area contributed by atoms with Crippen LogP contribution in [-0.2, 0) is 19.4 Å². The van der Waals surface area contributed by atoms with Crippen molar-refractivity contribution in [3.63, 3.8) is 0 Å². The van der Waals surface area contributed by atoms with Crippen molar-refractivity contribution in [2.45, 2.75) is 12.8 Å². The Kier molecular flexibility index (Phi) is 5.84. The van der Waals surface area contributed by atoms with E-state index in [-0.39, 0.29) is 30.5 Å². The number of rotatable bonds is 5. The molecule has 7 nitrogen and oxygen atoms in total. The summed E-state index contributed by atoms with van der Waals surface area (Å²) in [7, 11) is -3.02. The monoisotopic (exact) mass is 360 g/mol. The molecule has 2 amide bonds. The standard InChI is InChI=1S/C14H17ClN2O5S/c15-11-3-1-2-4-12(11)22-8-14(19)17-16-13(18)7-10-5-6-23(20,21)9-10/h1-4,10H,5-9H2,(H,16,18)(H,17,19)/t10-/m1/s1. The molecule has 1 aromatic carbocycles. The smallest absolute Gasteiger partial charge is 0.276 e. The molecule has 126 valence electrons. The van der Waals surface area contributed by atoms with E-state index in [9.17, 15) is 18.0 Å². The predicted octanol–water partition coefficient (Wildman–Crippen LogP) is 0.691. The van der Waals surface area contributed by atoms with Crippen LogP contribution in [0.2, 0.25) is 5.02 Å². The van der Waals surface area contributed by atoms with Gasteiger partial charge >= 0.3 is 0 Å². The van der Waals surface area contributed by atoms with E-state index in [1.54, 1.807) is 24.3 Å². The van der Waals surface area contributed by atoms with Crippen molar-refractivity contribution in [1.29, 1.82) is 0 Å². The van der Waals surface area contributed by atoms with Gasteiger partial charge in [-0.2, -0.15) is 0 Å². The molecule has 1 fully saturated rings. The van der Waals surface area contributed by atoms with Crippen molar-refractivity contribution in [3.05, 3.63) is 29.3 Å². The molecule has 1 aliphatic rings. The van der Waals surface area contributed by atoms with Crippen LogP contribution in [-0.4, -0.2) is 38.3 Å². The number of hydrogen-bond acceptors (Lipinski definition) is 5. The van der Waals surface area contributed by atoms with Gasteiger partial charge < -0.3 is 4.74 Å². The molecule has 1 saturated heterocycles. The first kappa shape index (κ1) is 17.6. The average molecular weight is 361 g/mol. The topological polar surface area (TPSA) is 102 Å². The Labute approximate surface area is 139 Å². The number of sulfone groups is 1. The summed E-state index contributed by atoms with van der Waals surface area (Å²) < 4.78 is 27.8. The molecule has 23 heavy (non-hydrogen) atoms. The van der Waals surface area contributed by atoms with Crippen LogP contribution in [0.1, 0.15) is 12.8 Å². The fraction of sp³-hybridized carbons (Fsp3) is 0.429. The highest BCUT2D eigenvalue weighted by atomic mass is 35.5. The first-order valence-corrected chi connectivity index (χ1v) is 9.21. The SMILES string of the molecule is O=C(COc1ccccc1Cl)NNC(=O)C[C@H]1CCS(=O)(=O)C1. The zero-order valence-corrected chi connectivity index (χ0v) is 13.8. The first-order chi connectivity index (χ1) is 10.9. The molecule has 9 heteroatoms. The molecule has 2 N–H and O–H groups in total. The number of hydrogen-bond donors (Lipinski definition) is 2. The number of amides is 2. The summed E-state index contributed by atoms with van der Waals surface area (Å²) in [5, 5.41) is 0.381. The molecular formula is C14H17ClN2O5S. The van der Waals surface area contributed by atoms with Crippen LogP contribution in [0.3, 0.4) is 0 Å². The zero-order chi connectivity index (χ0) is 16.9. The minimum Gasteiger partial charge on any atom is -0.482 e. The Morgan fingerprint density at radius 2 is 1.91 bits per heavy atom. The molecule has 1 atom stereocenters. The molecule has 2 rings (SSSR count). The van der Waals surface area contributed by atoms with E-state index in [1.807, 2.05) is 0 Å². The fourth-order valence-corrected chi connectivity index (χ4v) is 4.28. The lowest BCUT2D eigenvalue weighted by molar-refractivity contribution is -0.130. The third-order valence-corrected chi connectivity index (χ3v) is 5.49. The number of hydrazine groups is 1. The quantitative estimate of drug-likeness (QED) is 0.752. The van der Waals surface area contributed by atoms with Crippen molar-refractivity contribution >= 4 is 33.3 Å². The Balaban J connectivity index is 1.68. The van der Waals surface area contributed by atoms with E-state index in [0.29, 0.717) is 17.2 Å². The highest BCUT2D eigenvalue weighted by Crippen LogP contribution is 2.23. The summed E-state index contributed by atoms with van der Waals surface area (Å²) in [6, 6.07) is 6.70. The Hall–Kier alpha value is -1.80. The van der Waals surface area contributed by atoms with Crippen LogP contribution in [0, 0.1) is 5.92 Å². The summed E-state index contributed by atoms with van der Waals surface area (Å²) in [6.45, 7) is -0.304. The predicted molar refractivity (Wildman–Crippen MR) is 84.6 cm³/mol. The molecule has 0 spiro atoms. The largest absolute Gasteiger partial charge is 0.482 e. The van der Waals surface area contributed by atoms with Crippen LogP contribution >= 0.6 is 11.6 Å². The minimum atomic E-state index is -3.02. The fourth-order valence-electron chi connectivity index (χ4n) is 2.23. The van der Waals surface area contributed by atoms with E-state index in [1.165, 1.54) is 0 Å². The van der Waals surface area contributed by atoms with Gasteiger partial charge in [0.25, 0.3) is 5.91 Å². The maximum absolute atomic E-state index is 11.7. The molecule has 0 saturated carbocycles. The van der Waals surface area contributed by atoms with Crippen molar-refractivity contribution < 1.29 is 22.7 Å². The lowest BCUT2D eigenvalue weighted by Gasteiger charge is -2.11. The Morgan fingerprint density at radius 1 is 1.22 bits per heavy atom. The number of halogens is 1. The van der Waals surface area contributed by atoms with E-state index in [4.69, 9.17) is 16.3 Å². The van der Waals surface area contributed by atoms with E-state index < -0.39 is 21.7 Å². The highest BCUT2D eigenvalue weighted by Gasteiger charge is 2.29. The average Bonchev–Trinajstić information content (AvgIpc) is 2.83. The summed E-state index contributed by atoms with van der Waals surface area (Å²) >= 11 is 5.88. The maximum atomic E-state index is 11.7. The number of para-hydroxylation sites is 1. The van der Waals surface area contributed by atoms with Gasteiger partial charge in [-0.25, -0.2) is 8.42 Å². The van der Waals surface area contributed by atoms with E-state index in [0.717, 1.165) is 0 Å². The first-order valence-electron chi connectivity index (χ1n) is 7.01. The van der Waals surface area contributed by atoms with E-state index in [2.05, 4.69) is 10.9 Å². The molecule has 0 radical (unpaired) electrons. The minimum absolute atomic E-state index is 0.0178. The molecule has 0 unspecified atom stereocenters. The molecule has 0 aromatic heterocycles. The summed E-state index contributed by atoms with van der Waals surface area (Å²) in [4.78, 5) is 23.2. The van der Waals surface area contributed by atoms with Gasteiger partial charge in [0.2, 0.25) is 5.91 Å². The number of nitrogens with one attached hydrogen (secondary N) is 2. The van der Waals surface area contributed by atoms with Crippen molar-refractivity contribution in [3.8, 4) is 5.75 Å². The third kappa shape index (κ3) is 5.72. The van der Waals surface area contributed by atoms with Gasteiger partial charge in [-0.1, -0.05) is 23.7 Å². The molecule has 1 aliphatic heterocycles. The lowest BCUT2D eigenvalue weighted by atomic mass is 10.1. The number of ether oxygens (including phenoxy) is 1. The van der Waals surface area contributed by atoms with Crippen LogP contribution in [0.15, 0.2) is 24.3 Å². The summed E-state index contributed by atoms with van der Waals surface area (Å²) in [6.07, 6.45) is 0.532. The molecule has 0 aliphatic carbocycles. The van der Waals surface area contributed by atoms with Crippen molar-refractivity contribution in [2.75, 3.05) is 18.1 Å². The second-order valence-electron chi connectivity index (χ2n) is 5.29. The van der Waals surface area contributed by atoms with Gasteiger partial charge in [-0.3, -0.25) is 20.4 Å². The number of benzene rings is 1. The van der Waals surface area contributed by atoms with Crippen molar-refractivity contribution in [2.24, 2.45) is 5.92 Å². The molecule has 1 aromatic rings. The van der Waals surface area contributed by atoms with Gasteiger partial charge in [0.05, 0.1) is 16.5 Å². The lowest BCUT2D eigenvalue weighted by Crippen LogP contribution is -2.44.